The Morgan fingerprint density at radius 2 is 2.09 bits per heavy atom. The molecule has 1 heterocycles. The van der Waals surface area contributed by atoms with E-state index in [2.05, 4.69) is 11.4 Å². The van der Waals surface area contributed by atoms with Crippen molar-refractivity contribution in [2.24, 2.45) is 0 Å². The van der Waals surface area contributed by atoms with Crippen LogP contribution in [-0.4, -0.2) is 19.7 Å². The van der Waals surface area contributed by atoms with Crippen LogP contribution in [0.15, 0.2) is 54.7 Å². The fourth-order valence-electron chi connectivity index (χ4n) is 2.58. The number of urea groups is 1. The van der Waals surface area contributed by atoms with Crippen molar-refractivity contribution in [1.29, 1.82) is 0 Å². The van der Waals surface area contributed by atoms with E-state index in [-0.39, 0.29) is 6.03 Å². The maximum atomic E-state index is 12.3. The molecule has 1 aliphatic rings. The highest BCUT2D eigenvalue weighted by Gasteiger charge is 2.23. The minimum Gasteiger partial charge on any atom is -0.497 e. The van der Waals surface area contributed by atoms with Crippen LogP contribution in [0.5, 0.6) is 5.75 Å². The van der Waals surface area contributed by atoms with Crippen LogP contribution in [0.2, 0.25) is 0 Å². The maximum absolute atomic E-state index is 12.3. The molecule has 0 saturated carbocycles. The standard InChI is InChI=1S/C18H18N2O2/c1-22-16-7-4-5-14(13-16)9-11-19-18(21)20-12-10-15-6-2-3-8-17(15)20/h2-9,11,13H,10,12H2,1H3,(H,19,21)/b11-9+. The molecule has 4 nitrogen and oxygen atoms in total. The van der Waals surface area contributed by atoms with Gasteiger partial charge >= 0.3 is 6.03 Å². The molecule has 4 heteroatoms. The van der Waals surface area contributed by atoms with Crippen molar-refractivity contribution in [2.75, 3.05) is 18.6 Å². The number of para-hydroxylation sites is 1. The highest BCUT2D eigenvalue weighted by Crippen LogP contribution is 2.27. The molecule has 2 aromatic rings. The Balaban J connectivity index is 1.64. The number of rotatable bonds is 3. The summed E-state index contributed by atoms with van der Waals surface area (Å²) in [4.78, 5) is 14.0. The van der Waals surface area contributed by atoms with E-state index < -0.39 is 0 Å². The largest absolute Gasteiger partial charge is 0.497 e. The Bertz CT molecular complexity index is 710. The third kappa shape index (κ3) is 2.96. The van der Waals surface area contributed by atoms with Crippen LogP contribution in [-0.2, 0) is 6.42 Å². The predicted molar refractivity (Wildman–Crippen MR) is 88.1 cm³/mol. The average molecular weight is 294 g/mol. The second-order valence-corrected chi connectivity index (χ2v) is 5.09. The SMILES string of the molecule is COc1cccc(/C=C/NC(=O)N2CCc3ccccc32)c1. The van der Waals surface area contributed by atoms with Crippen LogP contribution in [0.25, 0.3) is 6.08 Å². The monoisotopic (exact) mass is 294 g/mol. The van der Waals surface area contributed by atoms with Gasteiger partial charge in [-0.1, -0.05) is 30.3 Å². The van der Waals surface area contributed by atoms with Crippen LogP contribution < -0.4 is 15.0 Å². The van der Waals surface area contributed by atoms with Gasteiger partial charge < -0.3 is 10.1 Å². The molecule has 0 aliphatic carbocycles. The maximum Gasteiger partial charge on any atom is 0.325 e. The Labute approximate surface area is 130 Å². The molecule has 0 radical (unpaired) electrons. The Hall–Kier alpha value is -2.75. The number of anilines is 1. The summed E-state index contributed by atoms with van der Waals surface area (Å²) in [7, 11) is 1.63. The van der Waals surface area contributed by atoms with E-state index in [4.69, 9.17) is 4.74 Å². The molecule has 2 aromatic carbocycles. The summed E-state index contributed by atoms with van der Waals surface area (Å²) in [6.45, 7) is 0.720. The van der Waals surface area contributed by atoms with Crippen molar-refractivity contribution < 1.29 is 9.53 Å². The van der Waals surface area contributed by atoms with Crippen molar-refractivity contribution in [3.8, 4) is 5.75 Å². The molecule has 0 atom stereocenters. The third-order valence-electron chi connectivity index (χ3n) is 3.71. The molecule has 3 rings (SSSR count). The highest BCUT2D eigenvalue weighted by atomic mass is 16.5. The Morgan fingerprint density at radius 1 is 1.23 bits per heavy atom. The molecule has 1 N–H and O–H groups in total. The molecule has 0 aromatic heterocycles. The predicted octanol–water partition coefficient (Wildman–Crippen LogP) is 3.44. The quantitative estimate of drug-likeness (QED) is 0.942. The lowest BCUT2D eigenvalue weighted by Crippen LogP contribution is -2.36. The van der Waals surface area contributed by atoms with Gasteiger partial charge in [0.1, 0.15) is 5.75 Å². The van der Waals surface area contributed by atoms with Gasteiger partial charge in [0.25, 0.3) is 0 Å². The summed E-state index contributed by atoms with van der Waals surface area (Å²) < 4.78 is 5.17. The molecule has 0 fully saturated rings. The molecule has 0 bridgehead atoms. The lowest BCUT2D eigenvalue weighted by atomic mass is 10.2. The zero-order chi connectivity index (χ0) is 15.4. The van der Waals surface area contributed by atoms with Gasteiger partial charge in [-0.2, -0.15) is 0 Å². The van der Waals surface area contributed by atoms with Gasteiger partial charge in [-0.25, -0.2) is 4.79 Å². The van der Waals surface area contributed by atoms with Crippen LogP contribution >= 0.6 is 0 Å². The summed E-state index contributed by atoms with van der Waals surface area (Å²) in [6.07, 6.45) is 4.42. The van der Waals surface area contributed by atoms with Gasteiger partial charge in [0, 0.05) is 18.4 Å². The molecule has 2 amide bonds. The van der Waals surface area contributed by atoms with Crippen molar-refractivity contribution >= 4 is 17.8 Å². The van der Waals surface area contributed by atoms with E-state index in [9.17, 15) is 4.79 Å². The number of amides is 2. The van der Waals surface area contributed by atoms with Crippen LogP contribution in [0.3, 0.4) is 0 Å². The average Bonchev–Trinajstić information content (AvgIpc) is 2.99. The molecule has 0 spiro atoms. The first kappa shape index (κ1) is 14.2. The van der Waals surface area contributed by atoms with Crippen molar-refractivity contribution in [3.63, 3.8) is 0 Å². The number of carbonyl (C=O) groups excluding carboxylic acids is 1. The number of nitrogens with one attached hydrogen (secondary N) is 1. The number of hydrogen-bond donors (Lipinski definition) is 1. The van der Waals surface area contributed by atoms with Gasteiger partial charge in [0.2, 0.25) is 0 Å². The van der Waals surface area contributed by atoms with E-state index in [0.717, 1.165) is 30.0 Å². The van der Waals surface area contributed by atoms with Gasteiger partial charge in [0.15, 0.2) is 0 Å². The summed E-state index contributed by atoms with van der Waals surface area (Å²) >= 11 is 0. The first-order chi connectivity index (χ1) is 10.8. The number of methoxy groups -OCH3 is 1. The zero-order valence-corrected chi connectivity index (χ0v) is 12.5. The minimum absolute atomic E-state index is 0.107. The number of benzene rings is 2. The van der Waals surface area contributed by atoms with Gasteiger partial charge in [-0.3, -0.25) is 4.90 Å². The van der Waals surface area contributed by atoms with Gasteiger partial charge in [-0.15, -0.1) is 0 Å². The lowest BCUT2D eigenvalue weighted by Gasteiger charge is -2.16. The second kappa shape index (κ2) is 6.35. The third-order valence-corrected chi connectivity index (χ3v) is 3.71. The molecule has 112 valence electrons. The van der Waals surface area contributed by atoms with E-state index in [0.29, 0.717) is 0 Å². The molecule has 0 unspecified atom stereocenters. The van der Waals surface area contributed by atoms with E-state index >= 15 is 0 Å². The minimum atomic E-state index is -0.107. The summed E-state index contributed by atoms with van der Waals surface area (Å²) in [5, 5.41) is 2.82. The zero-order valence-electron chi connectivity index (χ0n) is 12.5. The van der Waals surface area contributed by atoms with Crippen LogP contribution in [0.1, 0.15) is 11.1 Å². The van der Waals surface area contributed by atoms with Gasteiger partial charge in [0.05, 0.1) is 7.11 Å². The number of hydrogen-bond acceptors (Lipinski definition) is 2. The highest BCUT2D eigenvalue weighted by molar-refractivity contribution is 5.95. The van der Waals surface area contributed by atoms with Crippen LogP contribution in [0, 0.1) is 0 Å². The Kier molecular flexibility index (Phi) is 4.10. The smallest absolute Gasteiger partial charge is 0.325 e. The number of fused-ring (bicyclic) bond motifs is 1. The van der Waals surface area contributed by atoms with Crippen molar-refractivity contribution in [1.82, 2.24) is 5.32 Å². The van der Waals surface area contributed by atoms with Crippen molar-refractivity contribution in [2.45, 2.75) is 6.42 Å². The fourth-order valence-corrected chi connectivity index (χ4v) is 2.58. The molecular weight excluding hydrogens is 276 g/mol. The van der Waals surface area contributed by atoms with E-state index in [1.54, 1.807) is 18.2 Å². The number of ether oxygens (including phenoxy) is 1. The lowest BCUT2D eigenvalue weighted by molar-refractivity contribution is 0.250. The first-order valence-electron chi connectivity index (χ1n) is 7.24. The van der Waals surface area contributed by atoms with Crippen molar-refractivity contribution in [3.05, 3.63) is 65.9 Å². The van der Waals surface area contributed by atoms with Crippen LogP contribution in [0.4, 0.5) is 10.5 Å². The molecule has 22 heavy (non-hydrogen) atoms. The molecule has 0 saturated heterocycles. The molecule has 1 aliphatic heterocycles. The second-order valence-electron chi connectivity index (χ2n) is 5.09. The summed E-state index contributed by atoms with van der Waals surface area (Å²) in [5.74, 6) is 0.793. The number of nitrogens with zero attached hydrogens (tertiary/aromatic N) is 1. The van der Waals surface area contributed by atoms with Gasteiger partial charge in [-0.05, 0) is 41.8 Å². The number of carbonyl (C=O) groups is 1. The van der Waals surface area contributed by atoms with E-state index in [1.807, 2.05) is 48.5 Å². The first-order valence-corrected chi connectivity index (χ1v) is 7.24. The normalized spacial score (nSPS) is 13.2. The summed E-state index contributed by atoms with van der Waals surface area (Å²) in [5.41, 5.74) is 3.19. The summed E-state index contributed by atoms with van der Waals surface area (Å²) in [6, 6.07) is 15.6. The topological polar surface area (TPSA) is 41.6 Å². The molecular formula is C18H18N2O2. The Morgan fingerprint density at radius 3 is 2.95 bits per heavy atom. The fraction of sp³-hybridized carbons (Fsp3) is 0.167. The van der Waals surface area contributed by atoms with E-state index in [1.165, 1.54) is 5.56 Å².